The SMILES string of the molecule is CCOC(=O)C(C)C(C)OC(=O)c1ccccc1. The fourth-order valence-corrected chi connectivity index (χ4v) is 1.38. The van der Waals surface area contributed by atoms with Gasteiger partial charge in [0.15, 0.2) is 0 Å². The Morgan fingerprint density at radius 2 is 1.78 bits per heavy atom. The molecule has 0 saturated carbocycles. The van der Waals surface area contributed by atoms with Crippen LogP contribution >= 0.6 is 0 Å². The number of ether oxygens (including phenoxy) is 2. The number of carbonyl (C=O) groups is 2. The van der Waals surface area contributed by atoms with Crippen LogP contribution < -0.4 is 0 Å². The lowest BCUT2D eigenvalue weighted by Gasteiger charge is -2.18. The van der Waals surface area contributed by atoms with E-state index >= 15 is 0 Å². The predicted octanol–water partition coefficient (Wildman–Crippen LogP) is 2.43. The van der Waals surface area contributed by atoms with Crippen molar-refractivity contribution >= 4 is 11.9 Å². The van der Waals surface area contributed by atoms with Crippen LogP contribution in [0.5, 0.6) is 0 Å². The lowest BCUT2D eigenvalue weighted by atomic mass is 10.1. The van der Waals surface area contributed by atoms with Gasteiger partial charge in [-0.15, -0.1) is 0 Å². The molecule has 0 aliphatic carbocycles. The molecule has 2 unspecified atom stereocenters. The van der Waals surface area contributed by atoms with Gasteiger partial charge in [0.25, 0.3) is 0 Å². The van der Waals surface area contributed by atoms with Crippen LogP contribution in [0.1, 0.15) is 31.1 Å². The summed E-state index contributed by atoms with van der Waals surface area (Å²) >= 11 is 0. The molecule has 0 fully saturated rings. The number of esters is 2. The molecule has 0 spiro atoms. The van der Waals surface area contributed by atoms with Gasteiger partial charge in [-0.05, 0) is 32.9 Å². The second-order valence-corrected chi connectivity index (χ2v) is 4.02. The minimum absolute atomic E-state index is 0.322. The molecule has 98 valence electrons. The smallest absolute Gasteiger partial charge is 0.338 e. The fraction of sp³-hybridized carbons (Fsp3) is 0.429. The average molecular weight is 250 g/mol. The third-order valence-corrected chi connectivity index (χ3v) is 2.66. The first kappa shape index (κ1) is 14.2. The minimum Gasteiger partial charge on any atom is -0.466 e. The quantitative estimate of drug-likeness (QED) is 0.753. The van der Waals surface area contributed by atoms with E-state index in [4.69, 9.17) is 9.47 Å². The van der Waals surface area contributed by atoms with Gasteiger partial charge in [-0.25, -0.2) is 4.79 Å². The van der Waals surface area contributed by atoms with Crippen LogP contribution in [0.2, 0.25) is 0 Å². The molecular formula is C14H18O4. The van der Waals surface area contributed by atoms with E-state index in [2.05, 4.69) is 0 Å². The van der Waals surface area contributed by atoms with Crippen LogP contribution in [-0.4, -0.2) is 24.6 Å². The van der Waals surface area contributed by atoms with Gasteiger partial charge in [0, 0.05) is 0 Å². The Labute approximate surface area is 107 Å². The number of benzene rings is 1. The molecule has 0 N–H and O–H groups in total. The molecular weight excluding hydrogens is 232 g/mol. The molecule has 1 rings (SSSR count). The largest absolute Gasteiger partial charge is 0.466 e. The normalized spacial score (nSPS) is 13.5. The Morgan fingerprint density at radius 3 is 2.33 bits per heavy atom. The summed E-state index contributed by atoms with van der Waals surface area (Å²) in [6.45, 7) is 5.43. The van der Waals surface area contributed by atoms with Crippen molar-refractivity contribution in [1.82, 2.24) is 0 Å². The predicted molar refractivity (Wildman–Crippen MR) is 67.1 cm³/mol. The zero-order valence-corrected chi connectivity index (χ0v) is 10.9. The second kappa shape index (κ2) is 6.79. The molecule has 2 atom stereocenters. The standard InChI is InChI=1S/C14H18O4/c1-4-17-13(15)10(2)11(3)18-14(16)12-8-6-5-7-9-12/h5-11H,4H2,1-3H3. The van der Waals surface area contributed by atoms with Crippen molar-refractivity contribution in [2.24, 2.45) is 5.92 Å². The van der Waals surface area contributed by atoms with E-state index in [9.17, 15) is 9.59 Å². The van der Waals surface area contributed by atoms with Crippen LogP contribution in [0.3, 0.4) is 0 Å². The lowest BCUT2D eigenvalue weighted by molar-refractivity contribution is -0.150. The summed E-state index contributed by atoms with van der Waals surface area (Å²) < 4.78 is 10.1. The van der Waals surface area contributed by atoms with Gasteiger partial charge < -0.3 is 9.47 Å². The van der Waals surface area contributed by atoms with Gasteiger partial charge in [-0.3, -0.25) is 4.79 Å². The van der Waals surface area contributed by atoms with Crippen molar-refractivity contribution in [3.05, 3.63) is 35.9 Å². The Bertz CT molecular complexity index is 400. The van der Waals surface area contributed by atoms with Crippen molar-refractivity contribution in [3.8, 4) is 0 Å². The zero-order valence-electron chi connectivity index (χ0n) is 10.9. The third kappa shape index (κ3) is 3.87. The lowest BCUT2D eigenvalue weighted by Crippen LogP contribution is -2.29. The Hall–Kier alpha value is -1.84. The number of carbonyl (C=O) groups excluding carboxylic acids is 2. The molecule has 1 aromatic rings. The van der Waals surface area contributed by atoms with Crippen molar-refractivity contribution in [1.29, 1.82) is 0 Å². The highest BCUT2D eigenvalue weighted by Gasteiger charge is 2.24. The first-order chi connectivity index (χ1) is 8.56. The molecule has 0 saturated heterocycles. The molecule has 18 heavy (non-hydrogen) atoms. The van der Waals surface area contributed by atoms with Crippen LogP contribution in [0.4, 0.5) is 0 Å². The molecule has 0 heterocycles. The maximum atomic E-state index is 11.8. The number of hydrogen-bond donors (Lipinski definition) is 0. The topological polar surface area (TPSA) is 52.6 Å². The van der Waals surface area contributed by atoms with Crippen LogP contribution in [0.25, 0.3) is 0 Å². The second-order valence-electron chi connectivity index (χ2n) is 4.02. The maximum Gasteiger partial charge on any atom is 0.338 e. The van der Waals surface area contributed by atoms with Crippen LogP contribution in [0, 0.1) is 5.92 Å². The van der Waals surface area contributed by atoms with Gasteiger partial charge in [0.05, 0.1) is 18.1 Å². The summed E-state index contributed by atoms with van der Waals surface area (Å²) in [5.74, 6) is -1.26. The number of hydrogen-bond acceptors (Lipinski definition) is 4. The Balaban J connectivity index is 2.57. The minimum atomic E-state index is -0.517. The fourth-order valence-electron chi connectivity index (χ4n) is 1.38. The van der Waals surface area contributed by atoms with Crippen molar-refractivity contribution in [2.75, 3.05) is 6.61 Å². The Morgan fingerprint density at radius 1 is 1.17 bits per heavy atom. The van der Waals surface area contributed by atoms with E-state index in [1.165, 1.54) is 0 Å². The van der Waals surface area contributed by atoms with Crippen LogP contribution in [0.15, 0.2) is 30.3 Å². The molecule has 0 aliphatic rings. The van der Waals surface area contributed by atoms with E-state index in [1.54, 1.807) is 45.0 Å². The molecule has 4 nitrogen and oxygen atoms in total. The highest BCUT2D eigenvalue weighted by atomic mass is 16.6. The van der Waals surface area contributed by atoms with E-state index < -0.39 is 18.0 Å². The first-order valence-corrected chi connectivity index (χ1v) is 5.99. The van der Waals surface area contributed by atoms with E-state index in [1.807, 2.05) is 6.07 Å². The summed E-state index contributed by atoms with van der Waals surface area (Å²) in [5.41, 5.74) is 0.473. The molecule has 1 aromatic carbocycles. The zero-order chi connectivity index (χ0) is 13.5. The van der Waals surface area contributed by atoms with Crippen molar-refractivity contribution in [2.45, 2.75) is 26.9 Å². The molecule has 0 aliphatic heterocycles. The molecule has 0 amide bonds. The molecule has 4 heteroatoms. The summed E-state index contributed by atoms with van der Waals surface area (Å²) in [7, 11) is 0. The van der Waals surface area contributed by atoms with Crippen molar-refractivity contribution < 1.29 is 19.1 Å². The first-order valence-electron chi connectivity index (χ1n) is 5.99. The van der Waals surface area contributed by atoms with E-state index in [0.717, 1.165) is 0 Å². The van der Waals surface area contributed by atoms with Gasteiger partial charge in [-0.1, -0.05) is 18.2 Å². The highest BCUT2D eigenvalue weighted by Crippen LogP contribution is 2.12. The third-order valence-electron chi connectivity index (χ3n) is 2.66. The number of rotatable bonds is 5. The maximum absolute atomic E-state index is 11.8. The van der Waals surface area contributed by atoms with Crippen LogP contribution in [-0.2, 0) is 14.3 Å². The molecule has 0 aromatic heterocycles. The Kier molecular flexibility index (Phi) is 5.36. The average Bonchev–Trinajstić information content (AvgIpc) is 2.39. The van der Waals surface area contributed by atoms with E-state index in [0.29, 0.717) is 12.2 Å². The van der Waals surface area contributed by atoms with Gasteiger partial charge in [0.1, 0.15) is 6.10 Å². The molecule has 0 bridgehead atoms. The van der Waals surface area contributed by atoms with Gasteiger partial charge in [0.2, 0.25) is 0 Å². The summed E-state index contributed by atoms with van der Waals surface area (Å²) in [6, 6.07) is 8.68. The van der Waals surface area contributed by atoms with Crippen molar-refractivity contribution in [3.63, 3.8) is 0 Å². The molecule has 0 radical (unpaired) electrons. The highest BCUT2D eigenvalue weighted by molar-refractivity contribution is 5.89. The van der Waals surface area contributed by atoms with Gasteiger partial charge in [-0.2, -0.15) is 0 Å². The van der Waals surface area contributed by atoms with E-state index in [-0.39, 0.29) is 5.97 Å². The van der Waals surface area contributed by atoms with Gasteiger partial charge >= 0.3 is 11.9 Å². The summed E-state index contributed by atoms with van der Waals surface area (Å²) in [4.78, 5) is 23.3. The summed E-state index contributed by atoms with van der Waals surface area (Å²) in [5, 5.41) is 0. The summed E-state index contributed by atoms with van der Waals surface area (Å²) in [6.07, 6.45) is -0.517. The monoisotopic (exact) mass is 250 g/mol.